The summed E-state index contributed by atoms with van der Waals surface area (Å²) < 4.78 is 49.0. The normalized spacial score (nSPS) is 10.9. The summed E-state index contributed by atoms with van der Waals surface area (Å²) in [5.41, 5.74) is -0.760. The molecule has 0 unspecified atom stereocenters. The number of carbonyl (C=O) groups excluding carboxylic acids is 2. The third-order valence-corrected chi connectivity index (χ3v) is 5.28. The maximum absolute atomic E-state index is 13.1. The summed E-state index contributed by atoms with van der Waals surface area (Å²) in [6.07, 6.45) is -3.85. The van der Waals surface area contributed by atoms with Crippen LogP contribution in [-0.4, -0.2) is 37.5 Å². The maximum atomic E-state index is 13.1. The van der Waals surface area contributed by atoms with Gasteiger partial charge in [0, 0.05) is 29.1 Å². The van der Waals surface area contributed by atoms with Gasteiger partial charge in [-0.1, -0.05) is 23.7 Å². The number of pyridine rings is 1. The van der Waals surface area contributed by atoms with E-state index in [9.17, 15) is 28.0 Å². The van der Waals surface area contributed by atoms with Gasteiger partial charge in [0.15, 0.2) is 5.78 Å². The van der Waals surface area contributed by atoms with Gasteiger partial charge in [-0.2, -0.15) is 18.4 Å². The predicted molar refractivity (Wildman–Crippen MR) is 122 cm³/mol. The Morgan fingerprint density at radius 2 is 1.83 bits per heavy atom. The third-order valence-electron chi connectivity index (χ3n) is 4.97. The first-order valence-electron chi connectivity index (χ1n) is 9.90. The van der Waals surface area contributed by atoms with E-state index in [0.29, 0.717) is 11.8 Å². The highest BCUT2D eigenvalue weighted by molar-refractivity contribution is 6.33. The number of hydrogen-bond acceptors (Lipinski definition) is 7. The molecular formula is C24H17ClF3N3O4. The van der Waals surface area contributed by atoms with Gasteiger partial charge in [0.2, 0.25) is 0 Å². The molecule has 0 aliphatic rings. The van der Waals surface area contributed by atoms with Gasteiger partial charge < -0.3 is 14.8 Å². The van der Waals surface area contributed by atoms with Crippen molar-refractivity contribution < 1.29 is 32.2 Å². The van der Waals surface area contributed by atoms with E-state index >= 15 is 0 Å². The van der Waals surface area contributed by atoms with Gasteiger partial charge in [0.1, 0.15) is 11.4 Å². The van der Waals surface area contributed by atoms with Crippen LogP contribution in [0.5, 0.6) is 5.75 Å². The number of nitrogens with one attached hydrogen (secondary N) is 1. The number of ether oxygens (including phenoxy) is 2. The minimum absolute atomic E-state index is 0.0196. The van der Waals surface area contributed by atoms with Crippen LogP contribution < -0.4 is 10.1 Å². The Kier molecular flexibility index (Phi) is 7.62. The van der Waals surface area contributed by atoms with E-state index in [-0.39, 0.29) is 45.1 Å². The lowest BCUT2D eigenvalue weighted by molar-refractivity contribution is -0.141. The number of hydrogen-bond donors (Lipinski definition) is 1. The molecule has 0 bridgehead atoms. The lowest BCUT2D eigenvalue weighted by atomic mass is 9.97. The van der Waals surface area contributed by atoms with Crippen LogP contribution in [0, 0.1) is 11.3 Å². The first-order chi connectivity index (χ1) is 16.6. The standard InChI is InChI=1S/C24H17ClF3N3O4/c1-34-21-9-18(25)15(17-11-31-22(24(26,27)28)7-13(17)10-29)8-16(21)20(32)12-30-19-6-4-3-5-14(19)23(33)35-2/h3-9,11,30H,12H2,1-2H3. The van der Waals surface area contributed by atoms with Gasteiger partial charge in [-0.05, 0) is 24.3 Å². The lowest BCUT2D eigenvalue weighted by Gasteiger charge is -2.15. The van der Waals surface area contributed by atoms with Crippen LogP contribution in [0.25, 0.3) is 11.1 Å². The van der Waals surface area contributed by atoms with Crippen molar-refractivity contribution >= 4 is 29.0 Å². The summed E-state index contributed by atoms with van der Waals surface area (Å²) in [4.78, 5) is 28.4. The van der Waals surface area contributed by atoms with E-state index in [4.69, 9.17) is 21.1 Å². The number of alkyl halides is 3. The smallest absolute Gasteiger partial charge is 0.433 e. The fourth-order valence-corrected chi connectivity index (χ4v) is 3.52. The second-order valence-electron chi connectivity index (χ2n) is 7.07. The summed E-state index contributed by atoms with van der Waals surface area (Å²) in [6.45, 7) is -0.262. The Bertz CT molecular complexity index is 1340. The number of Topliss-reactive ketones (excluding diaryl/α,β-unsaturated/α-hetero) is 1. The quantitative estimate of drug-likeness (QED) is 0.341. The second kappa shape index (κ2) is 10.4. The highest BCUT2D eigenvalue weighted by Gasteiger charge is 2.33. The lowest BCUT2D eigenvalue weighted by Crippen LogP contribution is -2.17. The van der Waals surface area contributed by atoms with Gasteiger partial charge in [-0.15, -0.1) is 0 Å². The summed E-state index contributed by atoms with van der Waals surface area (Å²) in [5, 5.41) is 12.3. The molecule has 7 nitrogen and oxygen atoms in total. The molecule has 0 saturated heterocycles. The van der Waals surface area contributed by atoms with Crippen molar-refractivity contribution in [3.8, 4) is 22.9 Å². The molecule has 35 heavy (non-hydrogen) atoms. The Balaban J connectivity index is 1.99. The van der Waals surface area contributed by atoms with Crippen molar-refractivity contribution in [2.24, 2.45) is 0 Å². The van der Waals surface area contributed by atoms with Gasteiger partial charge >= 0.3 is 12.1 Å². The number of para-hydroxylation sites is 1. The minimum Gasteiger partial charge on any atom is -0.496 e. The highest BCUT2D eigenvalue weighted by atomic mass is 35.5. The summed E-state index contributed by atoms with van der Waals surface area (Å²) >= 11 is 6.30. The molecule has 1 aromatic heterocycles. The molecule has 0 fully saturated rings. The number of halogens is 4. The topological polar surface area (TPSA) is 101 Å². The Hall–Kier alpha value is -4.10. The number of carbonyl (C=O) groups is 2. The van der Waals surface area contributed by atoms with Crippen LogP contribution >= 0.6 is 11.6 Å². The number of rotatable bonds is 7. The van der Waals surface area contributed by atoms with Crippen molar-refractivity contribution in [3.05, 3.63) is 76.1 Å². The molecule has 1 N–H and O–H groups in total. The minimum atomic E-state index is -4.74. The van der Waals surface area contributed by atoms with Crippen LogP contribution in [0.4, 0.5) is 18.9 Å². The molecule has 0 radical (unpaired) electrons. The molecule has 0 aliphatic heterocycles. The summed E-state index contributed by atoms with van der Waals surface area (Å²) in [6, 6.07) is 11.4. The average molecular weight is 504 g/mol. The fraction of sp³-hybridized carbons (Fsp3) is 0.167. The Morgan fingerprint density at radius 3 is 2.46 bits per heavy atom. The first-order valence-corrected chi connectivity index (χ1v) is 10.3. The zero-order valence-corrected chi connectivity index (χ0v) is 19.1. The number of nitrogens with zero attached hydrogens (tertiary/aromatic N) is 2. The van der Waals surface area contributed by atoms with Gasteiger partial charge in [-0.3, -0.25) is 9.78 Å². The molecule has 2 aromatic carbocycles. The first kappa shape index (κ1) is 25.5. The number of esters is 1. The van der Waals surface area contributed by atoms with Crippen molar-refractivity contribution in [3.63, 3.8) is 0 Å². The second-order valence-corrected chi connectivity index (χ2v) is 7.48. The van der Waals surface area contributed by atoms with E-state index in [1.54, 1.807) is 24.3 Å². The zero-order chi connectivity index (χ0) is 25.8. The average Bonchev–Trinajstić information content (AvgIpc) is 2.85. The molecular weight excluding hydrogens is 487 g/mol. The Labute approximate surface area is 203 Å². The molecule has 0 amide bonds. The fourth-order valence-electron chi connectivity index (χ4n) is 3.26. The molecule has 0 saturated carbocycles. The van der Waals surface area contributed by atoms with E-state index in [2.05, 4.69) is 10.3 Å². The molecule has 11 heteroatoms. The SMILES string of the molecule is COC(=O)c1ccccc1NCC(=O)c1cc(-c2cnc(C(F)(F)F)cc2C#N)c(Cl)cc1OC. The van der Waals surface area contributed by atoms with Crippen LogP contribution in [0.3, 0.4) is 0 Å². The summed E-state index contributed by atoms with van der Waals surface area (Å²) in [5.74, 6) is -0.950. The van der Waals surface area contributed by atoms with Gasteiger partial charge in [0.25, 0.3) is 0 Å². The van der Waals surface area contributed by atoms with Crippen LogP contribution in [0.2, 0.25) is 5.02 Å². The molecule has 3 aromatic rings. The molecule has 0 spiro atoms. The van der Waals surface area contributed by atoms with Gasteiger partial charge in [-0.25, -0.2) is 4.79 Å². The van der Waals surface area contributed by atoms with E-state index in [1.807, 2.05) is 0 Å². The molecule has 180 valence electrons. The van der Waals surface area contributed by atoms with Gasteiger partial charge in [0.05, 0.1) is 48.5 Å². The van der Waals surface area contributed by atoms with E-state index in [0.717, 1.165) is 6.20 Å². The number of methoxy groups -OCH3 is 2. The number of aromatic nitrogens is 1. The maximum Gasteiger partial charge on any atom is 0.433 e. The number of anilines is 1. The monoisotopic (exact) mass is 503 g/mol. The molecule has 0 aliphatic carbocycles. The predicted octanol–water partition coefficient (Wildman–Crippen LogP) is 5.38. The van der Waals surface area contributed by atoms with E-state index < -0.39 is 23.6 Å². The number of nitriles is 1. The zero-order valence-electron chi connectivity index (χ0n) is 18.4. The van der Waals surface area contributed by atoms with E-state index in [1.165, 1.54) is 32.4 Å². The number of ketones is 1. The van der Waals surface area contributed by atoms with Crippen molar-refractivity contribution in [1.82, 2.24) is 4.98 Å². The van der Waals surface area contributed by atoms with Crippen LogP contribution in [0.1, 0.15) is 32.0 Å². The number of benzene rings is 2. The Morgan fingerprint density at radius 1 is 1.11 bits per heavy atom. The van der Waals surface area contributed by atoms with Crippen molar-refractivity contribution in [1.29, 1.82) is 5.26 Å². The molecule has 0 atom stereocenters. The highest BCUT2D eigenvalue weighted by Crippen LogP contribution is 2.37. The van der Waals surface area contributed by atoms with Crippen LogP contribution in [0.15, 0.2) is 48.7 Å². The third kappa shape index (κ3) is 5.53. The molecule has 1 heterocycles. The van der Waals surface area contributed by atoms with Crippen LogP contribution in [-0.2, 0) is 10.9 Å². The van der Waals surface area contributed by atoms with Crippen molar-refractivity contribution in [2.75, 3.05) is 26.1 Å². The molecule has 3 rings (SSSR count). The summed E-state index contributed by atoms with van der Waals surface area (Å²) in [7, 11) is 2.55. The largest absolute Gasteiger partial charge is 0.496 e. The van der Waals surface area contributed by atoms with Crippen molar-refractivity contribution in [2.45, 2.75) is 6.18 Å².